The molecule has 3 aromatic carbocycles. The van der Waals surface area contributed by atoms with E-state index in [0.717, 1.165) is 48.6 Å². The van der Waals surface area contributed by atoms with Crippen molar-refractivity contribution < 1.29 is 4.79 Å². The average Bonchev–Trinajstić information content (AvgIpc) is 3.03. The maximum absolute atomic E-state index is 13.4. The molecule has 6 rings (SSSR count). The number of hydrogen-bond donors (Lipinski definition) is 0. The minimum Gasteiger partial charge on any atom is -0.370 e. The van der Waals surface area contributed by atoms with Gasteiger partial charge in [0, 0.05) is 54.7 Å². The summed E-state index contributed by atoms with van der Waals surface area (Å²) in [7, 11) is 0. The SMILES string of the molecule is O=C1c2cccc3c(N4CCCN(CC5CCCCC5)CC4)ccc(c23)N1CCc1ccccc1. The van der Waals surface area contributed by atoms with Crippen LogP contribution in [0.5, 0.6) is 0 Å². The number of hydrogen-bond acceptors (Lipinski definition) is 3. The zero-order chi connectivity index (χ0) is 23.6. The van der Waals surface area contributed by atoms with E-state index in [4.69, 9.17) is 0 Å². The molecule has 1 saturated heterocycles. The Morgan fingerprint density at radius 3 is 2.43 bits per heavy atom. The molecule has 2 fully saturated rings. The molecule has 0 spiro atoms. The van der Waals surface area contributed by atoms with Gasteiger partial charge >= 0.3 is 0 Å². The van der Waals surface area contributed by atoms with Crippen LogP contribution in [-0.4, -0.2) is 50.1 Å². The molecule has 4 heteroatoms. The molecule has 0 atom stereocenters. The summed E-state index contributed by atoms with van der Waals surface area (Å²) in [5.41, 5.74) is 4.50. The molecule has 0 aromatic heterocycles. The fraction of sp³-hybridized carbons (Fsp3) is 0.452. The Kier molecular flexibility index (Phi) is 6.47. The predicted octanol–water partition coefficient (Wildman–Crippen LogP) is 6.14. The van der Waals surface area contributed by atoms with Crippen molar-refractivity contribution in [1.82, 2.24) is 4.90 Å². The lowest BCUT2D eigenvalue weighted by Crippen LogP contribution is -2.34. The second-order valence-corrected chi connectivity index (χ2v) is 10.7. The highest BCUT2D eigenvalue weighted by molar-refractivity contribution is 6.26. The van der Waals surface area contributed by atoms with Crippen LogP contribution in [0.1, 0.15) is 54.4 Å². The van der Waals surface area contributed by atoms with Crippen molar-refractivity contribution in [3.63, 3.8) is 0 Å². The van der Waals surface area contributed by atoms with E-state index in [9.17, 15) is 4.79 Å². The molecule has 0 radical (unpaired) electrons. The lowest BCUT2D eigenvalue weighted by Gasteiger charge is -2.29. The average molecular weight is 468 g/mol. The van der Waals surface area contributed by atoms with Gasteiger partial charge in [0.25, 0.3) is 5.91 Å². The lowest BCUT2D eigenvalue weighted by atomic mass is 9.89. The van der Waals surface area contributed by atoms with Crippen molar-refractivity contribution in [3.8, 4) is 0 Å². The summed E-state index contributed by atoms with van der Waals surface area (Å²) in [6, 6.07) is 21.2. The van der Waals surface area contributed by atoms with Crippen LogP contribution in [-0.2, 0) is 6.42 Å². The topological polar surface area (TPSA) is 26.8 Å². The Morgan fingerprint density at radius 1 is 0.743 bits per heavy atom. The number of amides is 1. The fourth-order valence-corrected chi connectivity index (χ4v) is 6.54. The fourth-order valence-electron chi connectivity index (χ4n) is 6.54. The largest absolute Gasteiger partial charge is 0.370 e. The molecule has 3 aliphatic rings. The Labute approximate surface area is 209 Å². The third-order valence-electron chi connectivity index (χ3n) is 8.40. The molecule has 0 unspecified atom stereocenters. The molecule has 2 heterocycles. The van der Waals surface area contributed by atoms with Crippen molar-refractivity contribution in [2.75, 3.05) is 49.1 Å². The van der Waals surface area contributed by atoms with Gasteiger partial charge < -0.3 is 14.7 Å². The summed E-state index contributed by atoms with van der Waals surface area (Å²) in [5, 5.41) is 2.38. The van der Waals surface area contributed by atoms with E-state index in [2.05, 4.69) is 58.3 Å². The number of rotatable bonds is 6. The van der Waals surface area contributed by atoms with Gasteiger partial charge in [0.05, 0.1) is 5.69 Å². The highest BCUT2D eigenvalue weighted by Crippen LogP contribution is 2.42. The zero-order valence-corrected chi connectivity index (χ0v) is 20.8. The number of carbonyl (C=O) groups excluding carboxylic acids is 1. The molecule has 4 nitrogen and oxygen atoms in total. The van der Waals surface area contributed by atoms with Gasteiger partial charge in [-0.05, 0) is 61.9 Å². The monoisotopic (exact) mass is 467 g/mol. The van der Waals surface area contributed by atoms with E-state index in [-0.39, 0.29) is 5.91 Å². The maximum Gasteiger partial charge on any atom is 0.259 e. The quantitative estimate of drug-likeness (QED) is 0.436. The van der Waals surface area contributed by atoms with Gasteiger partial charge in [0.1, 0.15) is 0 Å². The van der Waals surface area contributed by atoms with Gasteiger partial charge in [-0.25, -0.2) is 0 Å². The number of carbonyl (C=O) groups is 1. The first kappa shape index (κ1) is 22.6. The van der Waals surface area contributed by atoms with Gasteiger partial charge in [0.2, 0.25) is 0 Å². The van der Waals surface area contributed by atoms with Crippen LogP contribution in [0.2, 0.25) is 0 Å². The van der Waals surface area contributed by atoms with E-state index < -0.39 is 0 Å². The van der Waals surface area contributed by atoms with E-state index >= 15 is 0 Å². The molecule has 1 saturated carbocycles. The predicted molar refractivity (Wildman–Crippen MR) is 146 cm³/mol. The number of anilines is 2. The number of benzene rings is 3. The van der Waals surface area contributed by atoms with Crippen LogP contribution < -0.4 is 9.80 Å². The van der Waals surface area contributed by atoms with Gasteiger partial charge in [0.15, 0.2) is 0 Å². The standard InChI is InChI=1S/C31H37N3O/c35-31-27-14-7-13-26-28(33-19-8-18-32(21-22-33)23-25-11-5-2-6-12-25)15-16-29(30(26)27)34(31)20-17-24-9-3-1-4-10-24/h1,3-4,7,9-10,13-16,25H,2,5-6,8,11-12,17-23H2. The van der Waals surface area contributed by atoms with Crippen molar-refractivity contribution in [2.45, 2.75) is 44.9 Å². The van der Waals surface area contributed by atoms with Gasteiger partial charge in [-0.15, -0.1) is 0 Å². The van der Waals surface area contributed by atoms with Gasteiger partial charge in [-0.2, -0.15) is 0 Å². The van der Waals surface area contributed by atoms with Crippen LogP contribution in [0.3, 0.4) is 0 Å². The van der Waals surface area contributed by atoms with Crippen molar-refractivity contribution in [3.05, 3.63) is 71.8 Å². The molecule has 182 valence electrons. The van der Waals surface area contributed by atoms with E-state index in [1.165, 1.54) is 68.3 Å². The summed E-state index contributed by atoms with van der Waals surface area (Å²) in [5.74, 6) is 1.05. The van der Waals surface area contributed by atoms with Crippen molar-refractivity contribution in [2.24, 2.45) is 5.92 Å². The molecule has 3 aromatic rings. The molecule has 35 heavy (non-hydrogen) atoms. The van der Waals surface area contributed by atoms with Gasteiger partial charge in [-0.3, -0.25) is 4.79 Å². The first-order chi connectivity index (χ1) is 17.3. The minimum absolute atomic E-state index is 0.146. The zero-order valence-electron chi connectivity index (χ0n) is 20.8. The second kappa shape index (κ2) is 10.0. The van der Waals surface area contributed by atoms with Crippen LogP contribution in [0, 0.1) is 5.92 Å². The van der Waals surface area contributed by atoms with Crippen LogP contribution >= 0.6 is 0 Å². The van der Waals surface area contributed by atoms with Crippen LogP contribution in [0.4, 0.5) is 11.4 Å². The summed E-state index contributed by atoms with van der Waals surface area (Å²) in [4.78, 5) is 20.7. The van der Waals surface area contributed by atoms with Crippen LogP contribution in [0.25, 0.3) is 10.8 Å². The molecular formula is C31H37N3O. The summed E-state index contributed by atoms with van der Waals surface area (Å²) in [6.45, 7) is 6.50. The molecule has 1 aliphatic carbocycles. The van der Waals surface area contributed by atoms with E-state index in [0.29, 0.717) is 6.54 Å². The highest BCUT2D eigenvalue weighted by Gasteiger charge is 2.31. The normalized spacial score (nSPS) is 19.5. The lowest BCUT2D eigenvalue weighted by molar-refractivity contribution is 0.0993. The first-order valence-corrected chi connectivity index (χ1v) is 13.7. The highest BCUT2D eigenvalue weighted by atomic mass is 16.2. The third-order valence-corrected chi connectivity index (χ3v) is 8.40. The van der Waals surface area contributed by atoms with Gasteiger partial charge in [-0.1, -0.05) is 61.7 Å². The van der Waals surface area contributed by atoms with Crippen LogP contribution in [0.15, 0.2) is 60.7 Å². The minimum atomic E-state index is 0.146. The first-order valence-electron chi connectivity index (χ1n) is 13.7. The molecule has 2 aliphatic heterocycles. The summed E-state index contributed by atoms with van der Waals surface area (Å²) < 4.78 is 0. The summed E-state index contributed by atoms with van der Waals surface area (Å²) >= 11 is 0. The Bertz CT molecular complexity index is 1180. The van der Waals surface area contributed by atoms with E-state index in [1.807, 2.05) is 17.0 Å². The smallest absolute Gasteiger partial charge is 0.259 e. The van der Waals surface area contributed by atoms with E-state index in [1.54, 1.807) is 0 Å². The Balaban J connectivity index is 1.21. The third kappa shape index (κ3) is 4.56. The molecule has 0 N–H and O–H groups in total. The second-order valence-electron chi connectivity index (χ2n) is 10.7. The van der Waals surface area contributed by atoms with Crippen molar-refractivity contribution >= 4 is 28.1 Å². The molecule has 0 bridgehead atoms. The Hall–Kier alpha value is -2.85. The Morgan fingerprint density at radius 2 is 1.57 bits per heavy atom. The maximum atomic E-state index is 13.4. The van der Waals surface area contributed by atoms with Crippen molar-refractivity contribution in [1.29, 1.82) is 0 Å². The molecular weight excluding hydrogens is 430 g/mol. The molecule has 1 amide bonds. The summed E-state index contributed by atoms with van der Waals surface area (Å²) in [6.07, 6.45) is 9.19. The number of nitrogens with zero attached hydrogens (tertiary/aromatic N) is 3.